The molecule has 2 rings (SSSR count). The molecule has 0 atom stereocenters. The van der Waals surface area contributed by atoms with E-state index in [1.165, 1.54) is 0 Å². The minimum atomic E-state index is -4.00. The van der Waals surface area contributed by atoms with Gasteiger partial charge in [-0.1, -0.05) is 53.7 Å². The third kappa shape index (κ3) is 6.14. The number of aromatic hydroxyl groups is 1. The number of sulfonamides is 1. The Morgan fingerprint density at radius 3 is 1.45 bits per heavy atom. The second-order valence-corrected chi connectivity index (χ2v) is 9.58. The van der Waals surface area contributed by atoms with Crippen LogP contribution in [0.5, 0.6) is 5.75 Å². The Labute approximate surface area is 188 Å². The van der Waals surface area contributed by atoms with Crippen LogP contribution in [0.2, 0.25) is 0 Å². The average Bonchev–Trinajstić information content (AvgIpc) is 2.74. The Bertz CT molecular complexity index is 1060. The zero-order valence-corrected chi connectivity index (χ0v) is 19.6. The molecule has 6 nitrogen and oxygen atoms in total. The number of nitrogens with zero attached hydrogens (tertiary/aromatic N) is 3. The zero-order valence-electron chi connectivity index (χ0n) is 18.8. The van der Waals surface area contributed by atoms with E-state index in [2.05, 4.69) is 23.3 Å². The van der Waals surface area contributed by atoms with E-state index < -0.39 is 44.9 Å². The Morgan fingerprint density at radius 2 is 1.15 bits per heavy atom. The third-order valence-electron chi connectivity index (χ3n) is 4.67. The topological polar surface area (TPSA) is 103 Å². The Morgan fingerprint density at radius 1 is 0.788 bits per heavy atom. The summed E-state index contributed by atoms with van der Waals surface area (Å²) in [6.45, 7) is 11.9. The molecule has 0 amide bonds. The fourth-order valence-corrected chi connectivity index (χ4v) is 4.23. The van der Waals surface area contributed by atoms with Gasteiger partial charge in [-0.15, -0.1) is 0 Å². The maximum Gasteiger partial charge on any atom is 0.264 e. The van der Waals surface area contributed by atoms with Crippen LogP contribution >= 0.6 is 0 Å². The van der Waals surface area contributed by atoms with Gasteiger partial charge in [0.1, 0.15) is 0 Å². The van der Waals surface area contributed by atoms with Crippen molar-refractivity contribution >= 4 is 10.0 Å². The highest BCUT2D eigenvalue weighted by atomic mass is 32.2. The SMILES string of the molecule is CC(C)c1cc(C(C)C)c(S(=O)(=O)N=[N+]=[N-])c(C(C)C)c1.Oc1c(F)c(F)c(F)c(F)c1F. The predicted molar refractivity (Wildman–Crippen MR) is 113 cm³/mol. The molecular formula is C21H24F5N3O3S. The summed E-state index contributed by atoms with van der Waals surface area (Å²) in [6.07, 6.45) is 0. The van der Waals surface area contributed by atoms with E-state index in [0.29, 0.717) is 5.92 Å². The molecule has 0 aromatic heterocycles. The van der Waals surface area contributed by atoms with Gasteiger partial charge < -0.3 is 5.11 Å². The third-order valence-corrected chi connectivity index (χ3v) is 5.94. The van der Waals surface area contributed by atoms with Gasteiger partial charge in [0, 0.05) is 9.43 Å². The fourth-order valence-electron chi connectivity index (χ4n) is 2.87. The Balaban J connectivity index is 0.000000383. The number of phenolic OH excluding ortho intramolecular Hbond substituents is 1. The van der Waals surface area contributed by atoms with Crippen LogP contribution in [-0.4, -0.2) is 13.5 Å². The van der Waals surface area contributed by atoms with Crippen LogP contribution in [-0.2, 0) is 10.0 Å². The van der Waals surface area contributed by atoms with Gasteiger partial charge >= 0.3 is 0 Å². The molecule has 0 fully saturated rings. The van der Waals surface area contributed by atoms with Crippen molar-refractivity contribution in [2.45, 2.75) is 64.2 Å². The Kier molecular flexibility index (Phi) is 9.26. The maximum absolute atomic E-state index is 12.3. The second kappa shape index (κ2) is 10.8. The van der Waals surface area contributed by atoms with E-state index >= 15 is 0 Å². The summed E-state index contributed by atoms with van der Waals surface area (Å²) < 4.78 is 88.4. The van der Waals surface area contributed by atoms with E-state index in [9.17, 15) is 30.4 Å². The Hall–Kier alpha value is -2.85. The van der Waals surface area contributed by atoms with Gasteiger partial charge in [0.15, 0.2) is 5.75 Å². The number of hydrogen-bond acceptors (Lipinski definition) is 3. The molecule has 0 aliphatic rings. The van der Waals surface area contributed by atoms with Crippen molar-refractivity contribution in [3.05, 3.63) is 68.4 Å². The summed E-state index contributed by atoms with van der Waals surface area (Å²) >= 11 is 0. The van der Waals surface area contributed by atoms with Crippen LogP contribution in [0.25, 0.3) is 10.4 Å². The number of halogens is 5. The van der Waals surface area contributed by atoms with Gasteiger partial charge in [-0.25, -0.2) is 21.6 Å². The summed E-state index contributed by atoms with van der Waals surface area (Å²) in [5.41, 5.74) is 11.1. The smallest absolute Gasteiger partial charge is 0.264 e. The highest BCUT2D eigenvalue weighted by molar-refractivity contribution is 7.90. The van der Waals surface area contributed by atoms with E-state index in [-0.39, 0.29) is 16.7 Å². The first-order chi connectivity index (χ1) is 15.1. The van der Waals surface area contributed by atoms with E-state index in [1.807, 2.05) is 39.8 Å². The molecule has 2 aromatic rings. The normalized spacial score (nSPS) is 11.5. The van der Waals surface area contributed by atoms with Crippen LogP contribution in [0.15, 0.2) is 21.5 Å². The van der Waals surface area contributed by atoms with Gasteiger partial charge in [0.2, 0.25) is 29.1 Å². The quantitative estimate of drug-likeness (QED) is 0.119. The van der Waals surface area contributed by atoms with Crippen molar-refractivity contribution in [3.63, 3.8) is 0 Å². The molecule has 1 N–H and O–H groups in total. The van der Waals surface area contributed by atoms with Gasteiger partial charge in [-0.05, 0) is 40.0 Å². The van der Waals surface area contributed by atoms with Crippen LogP contribution in [0.1, 0.15) is 76.0 Å². The predicted octanol–water partition coefficient (Wildman–Crippen LogP) is 7.14. The second-order valence-electron chi connectivity index (χ2n) is 8.06. The molecule has 0 radical (unpaired) electrons. The highest BCUT2D eigenvalue weighted by Gasteiger charge is 2.26. The number of hydrogen-bond donors (Lipinski definition) is 1. The monoisotopic (exact) mass is 493 g/mol. The van der Waals surface area contributed by atoms with Crippen LogP contribution in [0, 0.1) is 29.1 Å². The van der Waals surface area contributed by atoms with Crippen molar-refractivity contribution < 1.29 is 35.5 Å². The van der Waals surface area contributed by atoms with Gasteiger partial charge in [0.05, 0.1) is 4.90 Å². The molecular weight excluding hydrogens is 469 g/mol. The lowest BCUT2D eigenvalue weighted by Crippen LogP contribution is -2.10. The summed E-state index contributed by atoms with van der Waals surface area (Å²) in [5.74, 6) is -12.6. The first-order valence-corrected chi connectivity index (χ1v) is 11.2. The molecule has 33 heavy (non-hydrogen) atoms. The molecule has 0 unspecified atom stereocenters. The summed E-state index contributed by atoms with van der Waals surface area (Å²) in [6, 6.07) is 3.84. The lowest BCUT2D eigenvalue weighted by atomic mass is 9.89. The fraction of sp³-hybridized carbons (Fsp3) is 0.429. The lowest BCUT2D eigenvalue weighted by molar-refractivity contribution is 0.325. The molecule has 0 saturated carbocycles. The average molecular weight is 493 g/mol. The number of phenols is 1. The van der Waals surface area contributed by atoms with E-state index in [0.717, 1.165) is 16.7 Å². The lowest BCUT2D eigenvalue weighted by Gasteiger charge is -2.21. The molecule has 0 spiro atoms. The van der Waals surface area contributed by atoms with Crippen molar-refractivity contribution in [2.24, 2.45) is 4.52 Å². The molecule has 0 aliphatic heterocycles. The number of benzene rings is 2. The van der Waals surface area contributed by atoms with E-state index in [1.54, 1.807) is 0 Å². The van der Waals surface area contributed by atoms with Crippen LogP contribution in [0.3, 0.4) is 0 Å². The van der Waals surface area contributed by atoms with Gasteiger partial charge in [-0.2, -0.15) is 8.78 Å². The first kappa shape index (κ1) is 28.2. The largest absolute Gasteiger partial charge is 0.503 e. The van der Waals surface area contributed by atoms with Crippen LogP contribution in [0.4, 0.5) is 22.0 Å². The van der Waals surface area contributed by atoms with E-state index in [4.69, 9.17) is 10.6 Å². The first-order valence-electron chi connectivity index (χ1n) is 9.77. The molecule has 0 bridgehead atoms. The van der Waals surface area contributed by atoms with Gasteiger partial charge in [-0.3, -0.25) is 0 Å². The molecule has 2 aromatic carbocycles. The van der Waals surface area contributed by atoms with Crippen LogP contribution < -0.4 is 0 Å². The highest BCUT2D eigenvalue weighted by Crippen LogP contribution is 2.36. The molecule has 182 valence electrons. The summed E-state index contributed by atoms with van der Waals surface area (Å²) in [7, 11) is -4.00. The summed E-state index contributed by atoms with van der Waals surface area (Å²) in [4.78, 5) is 2.65. The number of azide groups is 1. The standard InChI is InChI=1S/C15H23N3O2S.C6HF5O/c1-9(2)12-7-13(10(3)4)15(14(8-12)11(5)6)21(19,20)18-17-16;7-1-2(8)4(10)6(12)5(11)3(1)9/h7-11H,1-6H3;12H. The zero-order chi connectivity index (χ0) is 25.8. The van der Waals surface area contributed by atoms with Crippen molar-refractivity contribution in [1.82, 2.24) is 0 Å². The van der Waals surface area contributed by atoms with Gasteiger partial charge in [0.25, 0.3) is 10.0 Å². The van der Waals surface area contributed by atoms with Crippen molar-refractivity contribution in [3.8, 4) is 5.75 Å². The number of rotatable bonds is 5. The minimum Gasteiger partial charge on any atom is -0.503 e. The maximum atomic E-state index is 12.3. The molecule has 0 saturated heterocycles. The summed E-state index contributed by atoms with van der Waals surface area (Å²) in [5, 5.41) is 8.30. The molecule has 12 heteroatoms. The molecule has 0 heterocycles. The van der Waals surface area contributed by atoms with Crippen molar-refractivity contribution in [1.29, 1.82) is 0 Å². The van der Waals surface area contributed by atoms with Crippen molar-refractivity contribution in [2.75, 3.05) is 0 Å². The minimum absolute atomic E-state index is 0.0277. The molecule has 0 aliphatic carbocycles.